The van der Waals surface area contributed by atoms with Gasteiger partial charge in [0, 0.05) is 25.7 Å². The van der Waals surface area contributed by atoms with Crippen LogP contribution in [0.1, 0.15) is 49.6 Å². The maximum absolute atomic E-state index is 13.2. The van der Waals surface area contributed by atoms with Crippen LogP contribution in [0.3, 0.4) is 0 Å². The highest BCUT2D eigenvalue weighted by Crippen LogP contribution is 2.43. The van der Waals surface area contributed by atoms with Gasteiger partial charge in [-0.05, 0) is 49.9 Å². The molecule has 0 bridgehead atoms. The van der Waals surface area contributed by atoms with Gasteiger partial charge in [0.25, 0.3) is 5.69 Å². The number of rotatable bonds is 5. The van der Waals surface area contributed by atoms with Crippen LogP contribution in [0.2, 0.25) is 0 Å². The van der Waals surface area contributed by atoms with E-state index in [0.717, 1.165) is 53.7 Å². The Morgan fingerprint density at radius 2 is 1.76 bits per heavy atom. The summed E-state index contributed by atoms with van der Waals surface area (Å²) in [5, 5.41) is 13.0. The minimum absolute atomic E-state index is 0.00409. The van der Waals surface area contributed by atoms with Gasteiger partial charge in [-0.1, -0.05) is 25.0 Å². The molecular weight excluding hydrogens is 460 g/mol. The monoisotopic (exact) mass is 486 g/mol. The second-order valence-corrected chi connectivity index (χ2v) is 11.6. The Hall–Kier alpha value is -2.56. The molecule has 174 valence electrons. The number of aromatic nitrogens is 1. The van der Waals surface area contributed by atoms with Crippen molar-refractivity contribution in [3.05, 3.63) is 57.6 Å². The van der Waals surface area contributed by atoms with E-state index in [0.29, 0.717) is 25.3 Å². The molecule has 1 aromatic heterocycles. The molecule has 3 aromatic rings. The molecule has 0 spiro atoms. The van der Waals surface area contributed by atoms with Crippen LogP contribution < -0.4 is 4.90 Å². The van der Waals surface area contributed by atoms with Crippen LogP contribution in [-0.4, -0.2) is 42.3 Å². The predicted octanol–water partition coefficient (Wildman–Crippen LogP) is 5.11. The molecule has 10 heteroatoms. The van der Waals surface area contributed by atoms with Crippen molar-refractivity contribution >= 4 is 43.0 Å². The lowest BCUT2D eigenvalue weighted by Gasteiger charge is -2.26. The minimum atomic E-state index is -3.76. The molecule has 0 radical (unpaired) electrons. The van der Waals surface area contributed by atoms with E-state index >= 15 is 0 Å². The number of hydrogen-bond donors (Lipinski definition) is 0. The summed E-state index contributed by atoms with van der Waals surface area (Å²) in [6.07, 6.45) is 5.39. The van der Waals surface area contributed by atoms with Crippen LogP contribution in [0.25, 0.3) is 10.2 Å². The number of fused-ring (bicyclic) bond motifs is 1. The van der Waals surface area contributed by atoms with Gasteiger partial charge >= 0.3 is 0 Å². The highest BCUT2D eigenvalue weighted by Gasteiger charge is 2.35. The van der Waals surface area contributed by atoms with E-state index in [2.05, 4.69) is 0 Å². The average Bonchev–Trinajstić information content (AvgIpc) is 3.37. The molecular formula is C23H26N4O4S2. The lowest BCUT2D eigenvalue weighted by Crippen LogP contribution is -2.32. The van der Waals surface area contributed by atoms with Gasteiger partial charge in [-0.3, -0.25) is 10.1 Å². The molecule has 2 aromatic carbocycles. The summed E-state index contributed by atoms with van der Waals surface area (Å²) in [5.74, 6) is 0. The zero-order chi connectivity index (χ0) is 23.0. The van der Waals surface area contributed by atoms with Crippen LogP contribution >= 0.6 is 11.3 Å². The van der Waals surface area contributed by atoms with Crippen molar-refractivity contribution in [2.75, 3.05) is 24.5 Å². The molecule has 3 heterocycles. The molecule has 2 aliphatic heterocycles. The highest BCUT2D eigenvalue weighted by molar-refractivity contribution is 7.89. The largest absolute Gasteiger partial charge is 0.357 e. The summed E-state index contributed by atoms with van der Waals surface area (Å²) < 4.78 is 29.0. The fraction of sp³-hybridized carbons (Fsp3) is 0.435. The van der Waals surface area contributed by atoms with Gasteiger partial charge < -0.3 is 4.90 Å². The first kappa shape index (κ1) is 22.2. The Morgan fingerprint density at radius 1 is 1.00 bits per heavy atom. The Balaban J connectivity index is 1.50. The van der Waals surface area contributed by atoms with Crippen molar-refractivity contribution < 1.29 is 13.3 Å². The Bertz CT molecular complexity index is 1250. The van der Waals surface area contributed by atoms with Gasteiger partial charge in [0.05, 0.1) is 26.1 Å². The summed E-state index contributed by atoms with van der Waals surface area (Å²) in [4.78, 5) is 18.3. The third-order valence-electron chi connectivity index (χ3n) is 6.50. The first-order valence-electron chi connectivity index (χ1n) is 11.4. The third kappa shape index (κ3) is 4.22. The van der Waals surface area contributed by atoms with E-state index in [1.54, 1.807) is 17.4 Å². The number of nitro groups is 1. The number of para-hydroxylation sites is 1. The number of anilines is 1. The zero-order valence-corrected chi connectivity index (χ0v) is 19.9. The zero-order valence-electron chi connectivity index (χ0n) is 18.2. The minimum Gasteiger partial charge on any atom is -0.357 e. The molecule has 0 N–H and O–H groups in total. The van der Waals surface area contributed by atoms with Gasteiger partial charge in [-0.2, -0.15) is 4.31 Å². The molecule has 33 heavy (non-hydrogen) atoms. The van der Waals surface area contributed by atoms with Crippen molar-refractivity contribution in [1.29, 1.82) is 0 Å². The van der Waals surface area contributed by atoms with Gasteiger partial charge in [0.2, 0.25) is 10.0 Å². The van der Waals surface area contributed by atoms with Crippen molar-refractivity contribution in [1.82, 2.24) is 9.29 Å². The van der Waals surface area contributed by atoms with Crippen LogP contribution in [0.5, 0.6) is 0 Å². The first-order chi connectivity index (χ1) is 15.9. The second-order valence-electron chi connectivity index (χ2n) is 8.60. The highest BCUT2D eigenvalue weighted by atomic mass is 32.2. The lowest BCUT2D eigenvalue weighted by molar-refractivity contribution is -0.384. The van der Waals surface area contributed by atoms with E-state index in [4.69, 9.17) is 4.98 Å². The summed E-state index contributed by atoms with van der Waals surface area (Å²) >= 11 is 1.61. The smallest absolute Gasteiger partial charge is 0.293 e. The molecule has 0 amide bonds. The molecule has 1 atom stereocenters. The second kappa shape index (κ2) is 9.00. The van der Waals surface area contributed by atoms with E-state index in [-0.39, 0.29) is 16.6 Å². The fourth-order valence-electron chi connectivity index (χ4n) is 4.83. The summed E-state index contributed by atoms with van der Waals surface area (Å²) in [6, 6.07) is 12.2. The maximum Gasteiger partial charge on any atom is 0.293 e. The quantitative estimate of drug-likeness (QED) is 0.367. The number of thiazole rings is 1. The van der Waals surface area contributed by atoms with Gasteiger partial charge in [-0.25, -0.2) is 13.4 Å². The van der Waals surface area contributed by atoms with Crippen LogP contribution in [0, 0.1) is 10.1 Å². The normalized spacial score (nSPS) is 20.2. The molecule has 5 rings (SSSR count). The summed E-state index contributed by atoms with van der Waals surface area (Å²) in [5.41, 5.74) is 1.22. The summed E-state index contributed by atoms with van der Waals surface area (Å²) in [6.45, 7) is 1.59. The average molecular weight is 487 g/mol. The Kier molecular flexibility index (Phi) is 6.07. The SMILES string of the molecule is O=[N+]([O-])c1cc(S(=O)(=O)N2CCCCCC2)ccc1N1CCCC1c1nc2ccccc2s1. The van der Waals surface area contributed by atoms with E-state index in [1.165, 1.54) is 16.4 Å². The predicted molar refractivity (Wildman–Crippen MR) is 129 cm³/mol. The fourth-order valence-corrected chi connectivity index (χ4v) is 7.48. The lowest BCUT2D eigenvalue weighted by atomic mass is 10.2. The van der Waals surface area contributed by atoms with E-state index in [1.807, 2.05) is 29.2 Å². The van der Waals surface area contributed by atoms with Crippen LogP contribution in [0.4, 0.5) is 11.4 Å². The van der Waals surface area contributed by atoms with Gasteiger partial charge in [-0.15, -0.1) is 11.3 Å². The van der Waals surface area contributed by atoms with Crippen molar-refractivity contribution in [2.45, 2.75) is 49.5 Å². The van der Waals surface area contributed by atoms with Crippen molar-refractivity contribution in [3.8, 4) is 0 Å². The third-order valence-corrected chi connectivity index (χ3v) is 9.54. The van der Waals surface area contributed by atoms with E-state index in [9.17, 15) is 18.5 Å². The topological polar surface area (TPSA) is 96.6 Å². The molecule has 8 nitrogen and oxygen atoms in total. The number of hydrogen-bond acceptors (Lipinski definition) is 7. The standard InChI is InChI=1S/C23H26N4O4S2/c28-27(29)21-16-17(33(30,31)25-13-5-1-2-6-14-25)11-12-19(21)26-15-7-9-20(26)23-24-18-8-3-4-10-22(18)32-23/h3-4,8,10-12,16,20H,1-2,5-7,9,13-15H2. The molecule has 0 saturated carbocycles. The molecule has 0 aliphatic carbocycles. The first-order valence-corrected chi connectivity index (χ1v) is 13.6. The number of nitro benzene ring substituents is 1. The molecule has 2 saturated heterocycles. The molecule has 2 fully saturated rings. The van der Waals surface area contributed by atoms with Gasteiger partial charge in [0.1, 0.15) is 10.7 Å². The Labute approximate surface area is 197 Å². The summed E-state index contributed by atoms with van der Waals surface area (Å²) in [7, 11) is -3.76. The van der Waals surface area contributed by atoms with Crippen LogP contribution in [0.15, 0.2) is 47.4 Å². The molecule has 2 aliphatic rings. The van der Waals surface area contributed by atoms with E-state index < -0.39 is 14.9 Å². The molecule has 1 unspecified atom stereocenters. The number of nitrogens with zero attached hydrogens (tertiary/aromatic N) is 4. The number of sulfonamides is 1. The van der Waals surface area contributed by atoms with Crippen molar-refractivity contribution in [3.63, 3.8) is 0 Å². The van der Waals surface area contributed by atoms with Gasteiger partial charge in [0.15, 0.2) is 0 Å². The maximum atomic E-state index is 13.2. The van der Waals surface area contributed by atoms with Crippen LogP contribution in [-0.2, 0) is 10.0 Å². The van der Waals surface area contributed by atoms with Crippen molar-refractivity contribution in [2.24, 2.45) is 0 Å². The number of benzene rings is 2. The Morgan fingerprint density at radius 3 is 2.48 bits per heavy atom.